The lowest BCUT2D eigenvalue weighted by atomic mass is 10.1. The Kier molecular flexibility index (Phi) is 5.06. The fourth-order valence-electron chi connectivity index (χ4n) is 4.45. The Morgan fingerprint density at radius 1 is 1.16 bits per heavy atom. The first kappa shape index (κ1) is 20.8. The lowest BCUT2D eigenvalue weighted by Crippen LogP contribution is -2.35. The Labute approximate surface area is 183 Å². The minimum atomic E-state index is -4.15. The number of sulfonamides is 1. The third-order valence-electron chi connectivity index (χ3n) is 6.01. The smallest absolute Gasteiger partial charge is 0.246 e. The lowest BCUT2D eigenvalue weighted by Gasteiger charge is -2.21. The molecule has 32 heavy (non-hydrogen) atoms. The van der Waals surface area contributed by atoms with Gasteiger partial charge in [0.2, 0.25) is 10.0 Å². The Bertz CT molecular complexity index is 1380. The summed E-state index contributed by atoms with van der Waals surface area (Å²) < 4.78 is 57.0. The maximum atomic E-state index is 14.2. The van der Waals surface area contributed by atoms with Gasteiger partial charge in [0, 0.05) is 36.3 Å². The predicted molar refractivity (Wildman–Crippen MR) is 115 cm³/mol. The van der Waals surface area contributed by atoms with Gasteiger partial charge in [-0.25, -0.2) is 17.2 Å². The number of benzene rings is 2. The molecular weight excluding hydrogens is 436 g/mol. The maximum Gasteiger partial charge on any atom is 0.246 e. The highest BCUT2D eigenvalue weighted by Crippen LogP contribution is 2.32. The van der Waals surface area contributed by atoms with E-state index in [1.807, 2.05) is 29.1 Å². The predicted octanol–water partition coefficient (Wildman–Crippen LogP) is 3.80. The quantitative estimate of drug-likeness (QED) is 0.494. The van der Waals surface area contributed by atoms with Gasteiger partial charge in [-0.15, -0.1) is 0 Å². The Morgan fingerprint density at radius 3 is 2.78 bits per heavy atom. The summed E-state index contributed by atoms with van der Waals surface area (Å²) in [7, 11) is -4.15. The van der Waals surface area contributed by atoms with Gasteiger partial charge in [-0.2, -0.15) is 14.5 Å². The van der Waals surface area contributed by atoms with Crippen LogP contribution in [0.15, 0.2) is 59.9 Å². The molecule has 0 spiro atoms. The first-order valence-electron chi connectivity index (χ1n) is 10.2. The third-order valence-corrected chi connectivity index (χ3v) is 8.01. The van der Waals surface area contributed by atoms with Gasteiger partial charge in [0.15, 0.2) is 11.6 Å². The van der Waals surface area contributed by atoms with Crippen LogP contribution >= 0.6 is 0 Å². The van der Waals surface area contributed by atoms with Crippen molar-refractivity contribution in [3.63, 3.8) is 0 Å². The molecule has 166 valence electrons. The van der Waals surface area contributed by atoms with E-state index in [9.17, 15) is 17.2 Å². The molecule has 0 unspecified atom stereocenters. The van der Waals surface area contributed by atoms with Crippen molar-refractivity contribution in [3.05, 3.63) is 66.6 Å². The molecule has 1 fully saturated rings. The Morgan fingerprint density at radius 2 is 2.00 bits per heavy atom. The number of nitrogens with one attached hydrogen (secondary N) is 1. The minimum Gasteiger partial charge on any atom is -0.285 e. The van der Waals surface area contributed by atoms with Crippen LogP contribution in [0.4, 0.5) is 8.78 Å². The molecule has 2 aromatic heterocycles. The summed E-state index contributed by atoms with van der Waals surface area (Å²) >= 11 is 0. The molecule has 4 aromatic rings. The van der Waals surface area contributed by atoms with E-state index in [2.05, 4.69) is 15.3 Å². The number of nitrogens with zero attached hydrogens (tertiary/aromatic N) is 4. The average molecular weight is 458 g/mol. The molecule has 1 saturated heterocycles. The van der Waals surface area contributed by atoms with Gasteiger partial charge in [0.1, 0.15) is 4.90 Å². The van der Waals surface area contributed by atoms with E-state index in [0.717, 1.165) is 34.2 Å². The van der Waals surface area contributed by atoms with E-state index in [0.29, 0.717) is 13.0 Å². The number of hydrogen-bond acceptors (Lipinski definition) is 4. The van der Waals surface area contributed by atoms with Crippen molar-refractivity contribution >= 4 is 20.9 Å². The summed E-state index contributed by atoms with van der Waals surface area (Å²) in [5, 5.41) is 12.2. The standard InChI is InChI=1S/C22H21F2N5O2S/c1-14-7-15(13-29(14)32(30,31)21-4-2-3-19(23)22(21)24)12-28-20-6-5-16(8-17(20)11-27-28)18-9-25-26-10-18/h2-6,8-11,14-15H,7,12-13H2,1H3,(H,25,26)/t14-,15+/m0/s1. The van der Waals surface area contributed by atoms with Crippen LogP contribution in [0.5, 0.6) is 0 Å². The second kappa shape index (κ2) is 7.79. The molecule has 0 amide bonds. The summed E-state index contributed by atoms with van der Waals surface area (Å²) in [6, 6.07) is 8.90. The number of aromatic amines is 1. The molecule has 2 atom stereocenters. The van der Waals surface area contributed by atoms with E-state index >= 15 is 0 Å². The highest BCUT2D eigenvalue weighted by atomic mass is 32.2. The zero-order valence-electron chi connectivity index (χ0n) is 17.2. The van der Waals surface area contributed by atoms with Crippen LogP contribution in [0, 0.1) is 17.6 Å². The average Bonchev–Trinajstić information content (AvgIpc) is 3.50. The molecule has 1 aliphatic rings. The van der Waals surface area contributed by atoms with Gasteiger partial charge < -0.3 is 0 Å². The molecule has 0 bridgehead atoms. The maximum absolute atomic E-state index is 14.2. The third kappa shape index (κ3) is 3.49. The summed E-state index contributed by atoms with van der Waals surface area (Å²) in [6.07, 6.45) is 5.96. The van der Waals surface area contributed by atoms with E-state index in [4.69, 9.17) is 0 Å². The number of aromatic nitrogens is 4. The van der Waals surface area contributed by atoms with Crippen LogP contribution in [0.1, 0.15) is 13.3 Å². The molecule has 10 heteroatoms. The van der Waals surface area contributed by atoms with Gasteiger partial charge in [-0.05, 0) is 49.1 Å². The van der Waals surface area contributed by atoms with Crippen molar-refractivity contribution in [3.8, 4) is 11.1 Å². The van der Waals surface area contributed by atoms with Crippen LogP contribution in [0.25, 0.3) is 22.0 Å². The van der Waals surface area contributed by atoms with Crippen molar-refractivity contribution in [2.45, 2.75) is 30.8 Å². The molecule has 0 aliphatic carbocycles. The van der Waals surface area contributed by atoms with Crippen molar-refractivity contribution < 1.29 is 17.2 Å². The summed E-state index contributed by atoms with van der Waals surface area (Å²) in [5.74, 6) is -2.52. The second-order valence-corrected chi connectivity index (χ2v) is 10.0. The first-order chi connectivity index (χ1) is 15.3. The lowest BCUT2D eigenvalue weighted by molar-refractivity contribution is 0.391. The van der Waals surface area contributed by atoms with Gasteiger partial charge in [-0.1, -0.05) is 12.1 Å². The summed E-state index contributed by atoms with van der Waals surface area (Å²) in [5.41, 5.74) is 2.95. The molecule has 5 rings (SSSR count). The molecule has 3 heterocycles. The van der Waals surface area contributed by atoms with E-state index in [1.165, 1.54) is 10.4 Å². The highest BCUT2D eigenvalue weighted by Gasteiger charge is 2.39. The number of rotatable bonds is 5. The largest absolute Gasteiger partial charge is 0.285 e. The summed E-state index contributed by atoms with van der Waals surface area (Å²) in [6.45, 7) is 2.53. The zero-order chi connectivity index (χ0) is 22.5. The fraction of sp³-hybridized carbons (Fsp3) is 0.273. The van der Waals surface area contributed by atoms with Crippen LogP contribution in [-0.2, 0) is 16.6 Å². The van der Waals surface area contributed by atoms with Crippen LogP contribution in [0.3, 0.4) is 0 Å². The van der Waals surface area contributed by atoms with E-state index in [-0.39, 0.29) is 18.5 Å². The molecule has 0 radical (unpaired) electrons. The Hall–Kier alpha value is -3.11. The van der Waals surface area contributed by atoms with Crippen LogP contribution < -0.4 is 0 Å². The number of fused-ring (bicyclic) bond motifs is 1. The molecule has 7 nitrogen and oxygen atoms in total. The van der Waals surface area contributed by atoms with Crippen molar-refractivity contribution in [1.29, 1.82) is 0 Å². The van der Waals surface area contributed by atoms with Gasteiger partial charge in [0.25, 0.3) is 0 Å². The second-order valence-electron chi connectivity index (χ2n) is 8.16. The zero-order valence-corrected chi connectivity index (χ0v) is 18.1. The number of hydrogen-bond donors (Lipinski definition) is 1. The highest BCUT2D eigenvalue weighted by molar-refractivity contribution is 7.89. The minimum absolute atomic E-state index is 0.00644. The SMILES string of the molecule is C[C@H]1C[C@H](Cn2ncc3cc(-c4cn[nH]c4)ccc32)CN1S(=O)(=O)c1cccc(F)c1F. The van der Waals surface area contributed by atoms with Gasteiger partial charge >= 0.3 is 0 Å². The topological polar surface area (TPSA) is 83.9 Å². The van der Waals surface area contributed by atoms with E-state index in [1.54, 1.807) is 19.3 Å². The molecule has 0 saturated carbocycles. The van der Waals surface area contributed by atoms with Gasteiger partial charge in [-0.3, -0.25) is 9.78 Å². The normalized spacial score (nSPS) is 19.7. The monoisotopic (exact) mass is 457 g/mol. The Balaban J connectivity index is 1.37. The number of H-pyrrole nitrogens is 1. The van der Waals surface area contributed by atoms with Gasteiger partial charge in [0.05, 0.1) is 17.9 Å². The van der Waals surface area contributed by atoms with Crippen molar-refractivity contribution in [2.75, 3.05) is 6.54 Å². The van der Waals surface area contributed by atoms with Crippen molar-refractivity contribution in [2.24, 2.45) is 5.92 Å². The summed E-state index contributed by atoms with van der Waals surface area (Å²) in [4.78, 5) is -0.624. The van der Waals surface area contributed by atoms with Crippen molar-refractivity contribution in [1.82, 2.24) is 24.3 Å². The first-order valence-corrected chi connectivity index (χ1v) is 11.7. The van der Waals surface area contributed by atoms with E-state index < -0.39 is 26.6 Å². The molecule has 1 aliphatic heterocycles. The molecule has 1 N–H and O–H groups in total. The molecule has 2 aromatic carbocycles. The van der Waals surface area contributed by atoms with Crippen LogP contribution in [0.2, 0.25) is 0 Å². The fourth-order valence-corrected chi connectivity index (χ4v) is 6.25. The molecular formula is C22H21F2N5O2S. The van der Waals surface area contributed by atoms with Crippen LogP contribution in [-0.4, -0.2) is 45.3 Å². The number of halogens is 2.